The minimum atomic E-state index is -0.0777. The molecule has 0 bridgehead atoms. The number of nitrogens with one attached hydrogen (secondary N) is 2. The third-order valence-electron chi connectivity index (χ3n) is 2.27. The van der Waals surface area contributed by atoms with Gasteiger partial charge in [-0.2, -0.15) is 0 Å². The van der Waals surface area contributed by atoms with E-state index >= 15 is 0 Å². The van der Waals surface area contributed by atoms with Gasteiger partial charge in [-0.15, -0.1) is 11.3 Å². The fraction of sp³-hybridized carbons (Fsp3) is 0.545. The molecule has 0 aliphatic rings. The van der Waals surface area contributed by atoms with Gasteiger partial charge in [0, 0.05) is 6.54 Å². The van der Waals surface area contributed by atoms with Crippen molar-refractivity contribution < 1.29 is 4.79 Å². The fourth-order valence-electron chi connectivity index (χ4n) is 1.35. The largest absolute Gasteiger partial charge is 0.351 e. The van der Waals surface area contributed by atoms with Crippen molar-refractivity contribution in [1.82, 2.24) is 10.6 Å². The molecule has 0 spiro atoms. The molecule has 0 radical (unpaired) electrons. The van der Waals surface area contributed by atoms with E-state index in [1.807, 2.05) is 19.4 Å². The molecule has 0 fully saturated rings. The van der Waals surface area contributed by atoms with E-state index in [9.17, 15) is 4.79 Å². The molecule has 2 N–H and O–H groups in total. The second-order valence-corrected chi connectivity index (χ2v) is 5.19. The maximum absolute atomic E-state index is 11.8. The zero-order valence-electron chi connectivity index (χ0n) is 9.76. The molecule has 0 saturated heterocycles. The Morgan fingerprint density at radius 1 is 1.56 bits per heavy atom. The second-order valence-electron chi connectivity index (χ2n) is 3.93. The van der Waals surface area contributed by atoms with E-state index in [1.165, 1.54) is 11.3 Å². The van der Waals surface area contributed by atoms with Gasteiger partial charge >= 0.3 is 0 Å². The lowest BCUT2D eigenvalue weighted by atomic mass is 10.2. The molecular formula is C11H17ClN2OS. The molecule has 1 aromatic rings. The molecule has 0 aromatic carbocycles. The highest BCUT2D eigenvalue weighted by Gasteiger charge is 2.14. The van der Waals surface area contributed by atoms with Gasteiger partial charge in [0.25, 0.3) is 5.91 Å². The van der Waals surface area contributed by atoms with Crippen LogP contribution in [0.3, 0.4) is 0 Å². The van der Waals surface area contributed by atoms with Gasteiger partial charge in [-0.05, 0) is 37.4 Å². The Hall–Kier alpha value is -0.580. The quantitative estimate of drug-likeness (QED) is 0.853. The van der Waals surface area contributed by atoms with Gasteiger partial charge in [-0.3, -0.25) is 4.79 Å². The van der Waals surface area contributed by atoms with E-state index in [2.05, 4.69) is 17.6 Å². The van der Waals surface area contributed by atoms with E-state index < -0.39 is 0 Å². The lowest BCUT2D eigenvalue weighted by Crippen LogP contribution is -2.31. The fourth-order valence-corrected chi connectivity index (χ4v) is 2.55. The van der Waals surface area contributed by atoms with Crippen LogP contribution < -0.4 is 10.6 Å². The van der Waals surface area contributed by atoms with Crippen LogP contribution in [0.4, 0.5) is 0 Å². The molecule has 0 aliphatic heterocycles. The summed E-state index contributed by atoms with van der Waals surface area (Å²) in [6.45, 7) is 5.53. The standard InChI is InChI=1S/C11H17ClN2OS/c1-7(4-13-3)5-14-11(15)10-9(12)8(2)6-16-10/h6-7,13H,4-5H2,1-3H3,(H,14,15). The summed E-state index contributed by atoms with van der Waals surface area (Å²) < 4.78 is 0. The maximum Gasteiger partial charge on any atom is 0.262 e. The summed E-state index contributed by atoms with van der Waals surface area (Å²) in [6.07, 6.45) is 0. The van der Waals surface area contributed by atoms with Crippen LogP contribution >= 0.6 is 22.9 Å². The predicted molar refractivity (Wildman–Crippen MR) is 69.5 cm³/mol. The van der Waals surface area contributed by atoms with Gasteiger partial charge in [0.2, 0.25) is 0 Å². The highest BCUT2D eigenvalue weighted by atomic mass is 35.5. The number of hydrogen-bond donors (Lipinski definition) is 2. The molecule has 0 saturated carbocycles. The van der Waals surface area contributed by atoms with Crippen molar-refractivity contribution in [2.24, 2.45) is 5.92 Å². The van der Waals surface area contributed by atoms with Gasteiger partial charge in [0.15, 0.2) is 0 Å². The lowest BCUT2D eigenvalue weighted by molar-refractivity contribution is 0.0952. The number of carbonyl (C=O) groups excluding carboxylic acids is 1. The van der Waals surface area contributed by atoms with E-state index in [0.717, 1.165) is 12.1 Å². The highest BCUT2D eigenvalue weighted by Crippen LogP contribution is 2.26. The summed E-state index contributed by atoms with van der Waals surface area (Å²) in [5.74, 6) is 0.333. The first-order chi connectivity index (χ1) is 7.56. The van der Waals surface area contributed by atoms with Crippen LogP contribution in [0.15, 0.2) is 5.38 Å². The average Bonchev–Trinajstić information content (AvgIpc) is 2.57. The number of carbonyl (C=O) groups is 1. The Morgan fingerprint density at radius 3 is 2.75 bits per heavy atom. The van der Waals surface area contributed by atoms with Crippen molar-refractivity contribution in [2.45, 2.75) is 13.8 Å². The Balaban J connectivity index is 2.50. The van der Waals surface area contributed by atoms with Gasteiger partial charge in [0.05, 0.1) is 5.02 Å². The van der Waals surface area contributed by atoms with Crippen molar-refractivity contribution in [3.63, 3.8) is 0 Å². The van der Waals surface area contributed by atoms with E-state index in [4.69, 9.17) is 11.6 Å². The van der Waals surface area contributed by atoms with Crippen molar-refractivity contribution in [1.29, 1.82) is 0 Å². The van der Waals surface area contributed by atoms with Crippen LogP contribution in [0, 0.1) is 12.8 Å². The predicted octanol–water partition coefficient (Wildman–Crippen LogP) is 2.30. The Labute approximate surface area is 105 Å². The van der Waals surface area contributed by atoms with Crippen molar-refractivity contribution in [3.8, 4) is 0 Å². The summed E-state index contributed by atoms with van der Waals surface area (Å²) in [4.78, 5) is 12.4. The minimum absolute atomic E-state index is 0.0777. The van der Waals surface area contributed by atoms with Crippen molar-refractivity contribution in [3.05, 3.63) is 20.8 Å². The Morgan fingerprint density at radius 2 is 2.25 bits per heavy atom. The third-order valence-corrected chi connectivity index (χ3v) is 3.96. The number of rotatable bonds is 5. The van der Waals surface area contributed by atoms with Crippen LogP contribution in [-0.4, -0.2) is 26.0 Å². The molecule has 16 heavy (non-hydrogen) atoms. The van der Waals surface area contributed by atoms with Gasteiger partial charge in [-0.25, -0.2) is 0 Å². The first kappa shape index (κ1) is 13.5. The molecule has 1 rings (SSSR count). The van der Waals surface area contributed by atoms with Gasteiger partial charge in [-0.1, -0.05) is 18.5 Å². The smallest absolute Gasteiger partial charge is 0.262 e. The normalized spacial score (nSPS) is 12.5. The zero-order chi connectivity index (χ0) is 12.1. The van der Waals surface area contributed by atoms with E-state index in [-0.39, 0.29) is 5.91 Å². The topological polar surface area (TPSA) is 41.1 Å². The minimum Gasteiger partial charge on any atom is -0.351 e. The molecule has 90 valence electrons. The van der Waals surface area contributed by atoms with Gasteiger partial charge < -0.3 is 10.6 Å². The first-order valence-electron chi connectivity index (χ1n) is 5.22. The zero-order valence-corrected chi connectivity index (χ0v) is 11.3. The molecule has 1 amide bonds. The average molecular weight is 261 g/mol. The maximum atomic E-state index is 11.8. The van der Waals surface area contributed by atoms with Crippen LogP contribution in [-0.2, 0) is 0 Å². The number of thiophene rings is 1. The summed E-state index contributed by atoms with van der Waals surface area (Å²) in [5.41, 5.74) is 0.958. The summed E-state index contributed by atoms with van der Waals surface area (Å²) in [7, 11) is 1.90. The van der Waals surface area contributed by atoms with Crippen LogP contribution in [0.2, 0.25) is 5.02 Å². The van der Waals surface area contributed by atoms with E-state index in [0.29, 0.717) is 22.4 Å². The second kappa shape index (κ2) is 6.23. The Bertz CT molecular complexity index is 365. The monoisotopic (exact) mass is 260 g/mol. The molecule has 3 nitrogen and oxygen atoms in total. The molecule has 5 heteroatoms. The molecule has 1 atom stereocenters. The molecule has 1 heterocycles. The lowest BCUT2D eigenvalue weighted by Gasteiger charge is -2.11. The molecule has 1 aromatic heterocycles. The van der Waals surface area contributed by atoms with Gasteiger partial charge in [0.1, 0.15) is 4.88 Å². The summed E-state index contributed by atoms with van der Waals surface area (Å²) in [5, 5.41) is 8.43. The SMILES string of the molecule is CNCC(C)CNC(=O)c1scc(C)c1Cl. The van der Waals surface area contributed by atoms with Crippen molar-refractivity contribution in [2.75, 3.05) is 20.1 Å². The summed E-state index contributed by atoms with van der Waals surface area (Å²) in [6, 6.07) is 0. The number of hydrogen-bond acceptors (Lipinski definition) is 3. The number of aryl methyl sites for hydroxylation is 1. The van der Waals surface area contributed by atoms with E-state index in [1.54, 1.807) is 0 Å². The van der Waals surface area contributed by atoms with Crippen LogP contribution in [0.1, 0.15) is 22.2 Å². The van der Waals surface area contributed by atoms with Crippen LogP contribution in [0.25, 0.3) is 0 Å². The molecule has 1 unspecified atom stereocenters. The first-order valence-corrected chi connectivity index (χ1v) is 6.48. The summed E-state index contributed by atoms with van der Waals surface area (Å²) >= 11 is 7.41. The third kappa shape index (κ3) is 3.47. The number of amides is 1. The highest BCUT2D eigenvalue weighted by molar-refractivity contribution is 7.13. The Kier molecular flexibility index (Phi) is 5.25. The van der Waals surface area contributed by atoms with Crippen LogP contribution in [0.5, 0.6) is 0 Å². The van der Waals surface area contributed by atoms with Crippen molar-refractivity contribution >= 4 is 28.8 Å². The molecular weight excluding hydrogens is 244 g/mol. The number of halogens is 1. The molecule has 0 aliphatic carbocycles.